The Bertz CT molecular complexity index is 532. The number of amides is 2. The maximum atomic E-state index is 11.7. The van der Waals surface area contributed by atoms with Crippen LogP contribution in [0.4, 0.5) is 4.79 Å². The summed E-state index contributed by atoms with van der Waals surface area (Å²) >= 11 is 0. The smallest absolute Gasteiger partial charge is 0.404 e. The van der Waals surface area contributed by atoms with Crippen molar-refractivity contribution < 1.29 is 14.7 Å². The van der Waals surface area contributed by atoms with E-state index < -0.39 is 12.1 Å². The van der Waals surface area contributed by atoms with Gasteiger partial charge in [0.1, 0.15) is 0 Å². The molecule has 1 unspecified atom stereocenters. The van der Waals surface area contributed by atoms with Crippen molar-refractivity contribution in [3.05, 3.63) is 35.4 Å². The molecule has 0 saturated heterocycles. The van der Waals surface area contributed by atoms with Crippen LogP contribution in [0.25, 0.3) is 0 Å². The maximum absolute atomic E-state index is 11.7. The molecule has 3 N–H and O–H groups in total. The zero-order valence-electron chi connectivity index (χ0n) is 12.1. The van der Waals surface area contributed by atoms with E-state index in [1.807, 2.05) is 19.9 Å². The molecule has 0 aliphatic heterocycles. The SMILES string of the molecule is CC(C)NC(=O)CC(Cc1ccc(C#N)cc1)NC(=O)O. The second-order valence-electron chi connectivity index (χ2n) is 5.09. The van der Waals surface area contributed by atoms with E-state index >= 15 is 0 Å². The number of hydrogen-bond donors (Lipinski definition) is 3. The molecule has 2 amide bonds. The molecule has 6 heteroatoms. The summed E-state index contributed by atoms with van der Waals surface area (Å²) in [5, 5.41) is 22.7. The molecule has 0 heterocycles. The summed E-state index contributed by atoms with van der Waals surface area (Å²) in [6, 6.07) is 8.38. The lowest BCUT2D eigenvalue weighted by Gasteiger charge is -2.18. The molecule has 112 valence electrons. The minimum Gasteiger partial charge on any atom is -0.465 e. The first-order valence-corrected chi connectivity index (χ1v) is 6.68. The van der Waals surface area contributed by atoms with Gasteiger partial charge in [-0.2, -0.15) is 5.26 Å². The van der Waals surface area contributed by atoms with Crippen LogP contribution in [-0.4, -0.2) is 29.2 Å². The highest BCUT2D eigenvalue weighted by Crippen LogP contribution is 2.08. The van der Waals surface area contributed by atoms with Gasteiger partial charge in [-0.3, -0.25) is 4.79 Å². The van der Waals surface area contributed by atoms with Crippen LogP contribution in [0.2, 0.25) is 0 Å². The molecule has 0 aliphatic rings. The van der Waals surface area contributed by atoms with Gasteiger partial charge in [0.2, 0.25) is 5.91 Å². The summed E-state index contributed by atoms with van der Waals surface area (Å²) < 4.78 is 0. The third kappa shape index (κ3) is 6.43. The molecule has 6 nitrogen and oxygen atoms in total. The van der Waals surface area contributed by atoms with Crippen LogP contribution in [0, 0.1) is 11.3 Å². The van der Waals surface area contributed by atoms with Crippen LogP contribution in [0.3, 0.4) is 0 Å². The number of carbonyl (C=O) groups is 2. The number of hydrogen-bond acceptors (Lipinski definition) is 3. The van der Waals surface area contributed by atoms with Crippen molar-refractivity contribution >= 4 is 12.0 Å². The molecule has 0 aliphatic carbocycles. The van der Waals surface area contributed by atoms with Crippen LogP contribution in [0.5, 0.6) is 0 Å². The molecule has 0 aromatic heterocycles. The number of carboxylic acid groups (broad SMARTS) is 1. The lowest BCUT2D eigenvalue weighted by atomic mass is 10.0. The third-order valence-electron chi connectivity index (χ3n) is 2.77. The fourth-order valence-electron chi connectivity index (χ4n) is 1.95. The Kier molecular flexibility index (Phi) is 6.21. The van der Waals surface area contributed by atoms with Gasteiger partial charge < -0.3 is 15.7 Å². The molecule has 0 bridgehead atoms. The van der Waals surface area contributed by atoms with Crippen molar-refractivity contribution in [3.8, 4) is 6.07 Å². The van der Waals surface area contributed by atoms with E-state index in [9.17, 15) is 9.59 Å². The van der Waals surface area contributed by atoms with E-state index in [1.165, 1.54) is 0 Å². The third-order valence-corrected chi connectivity index (χ3v) is 2.77. The summed E-state index contributed by atoms with van der Waals surface area (Å²) in [7, 11) is 0. The number of nitrogens with one attached hydrogen (secondary N) is 2. The minimum atomic E-state index is -1.16. The Labute approximate surface area is 123 Å². The highest BCUT2D eigenvalue weighted by molar-refractivity contribution is 5.77. The Morgan fingerprint density at radius 2 is 1.86 bits per heavy atom. The van der Waals surface area contributed by atoms with Crippen LogP contribution in [-0.2, 0) is 11.2 Å². The van der Waals surface area contributed by atoms with Gasteiger partial charge in [-0.05, 0) is 38.0 Å². The maximum Gasteiger partial charge on any atom is 0.404 e. The topological polar surface area (TPSA) is 102 Å². The second-order valence-corrected chi connectivity index (χ2v) is 5.09. The Morgan fingerprint density at radius 1 is 1.24 bits per heavy atom. The van der Waals surface area contributed by atoms with Gasteiger partial charge in [0.05, 0.1) is 11.6 Å². The standard InChI is InChI=1S/C15H19N3O3/c1-10(2)17-14(19)8-13(18-15(20)21)7-11-3-5-12(9-16)6-4-11/h3-6,10,13,18H,7-8H2,1-2H3,(H,17,19)(H,20,21). The van der Waals surface area contributed by atoms with Gasteiger partial charge >= 0.3 is 6.09 Å². The van der Waals surface area contributed by atoms with Crippen LogP contribution in [0.1, 0.15) is 31.4 Å². The predicted molar refractivity (Wildman–Crippen MR) is 77.7 cm³/mol. The average Bonchev–Trinajstić information content (AvgIpc) is 2.37. The number of nitrogens with zero attached hydrogens (tertiary/aromatic N) is 1. The minimum absolute atomic E-state index is 0.0119. The second kappa shape index (κ2) is 7.90. The van der Waals surface area contributed by atoms with E-state index in [0.717, 1.165) is 5.56 Å². The molecule has 21 heavy (non-hydrogen) atoms. The van der Waals surface area contributed by atoms with Gasteiger partial charge in [-0.25, -0.2) is 4.79 Å². The van der Waals surface area contributed by atoms with Crippen molar-refractivity contribution in [1.29, 1.82) is 5.26 Å². The Morgan fingerprint density at radius 3 is 2.33 bits per heavy atom. The first kappa shape index (κ1) is 16.5. The first-order valence-electron chi connectivity index (χ1n) is 6.68. The summed E-state index contributed by atoms with van der Waals surface area (Å²) in [5.41, 5.74) is 1.41. The van der Waals surface area contributed by atoms with E-state index in [4.69, 9.17) is 10.4 Å². The molecule has 1 rings (SSSR count). The van der Waals surface area contributed by atoms with Crippen molar-refractivity contribution in [2.45, 2.75) is 38.8 Å². The van der Waals surface area contributed by atoms with Gasteiger partial charge in [-0.15, -0.1) is 0 Å². The van der Waals surface area contributed by atoms with E-state index in [1.54, 1.807) is 24.3 Å². The monoisotopic (exact) mass is 289 g/mol. The summed E-state index contributed by atoms with van der Waals surface area (Å²) in [6.45, 7) is 3.69. The molecule has 0 saturated carbocycles. The molecular formula is C15H19N3O3. The molecule has 0 radical (unpaired) electrons. The normalized spacial score (nSPS) is 11.5. The Hall–Kier alpha value is -2.55. The largest absolute Gasteiger partial charge is 0.465 e. The van der Waals surface area contributed by atoms with Crippen LogP contribution in [0.15, 0.2) is 24.3 Å². The van der Waals surface area contributed by atoms with E-state index in [-0.39, 0.29) is 18.4 Å². The zero-order chi connectivity index (χ0) is 15.8. The number of nitriles is 1. The highest BCUT2D eigenvalue weighted by atomic mass is 16.4. The first-order chi connectivity index (χ1) is 9.90. The predicted octanol–water partition coefficient (Wildman–Crippen LogP) is 1.65. The zero-order valence-corrected chi connectivity index (χ0v) is 12.1. The highest BCUT2D eigenvalue weighted by Gasteiger charge is 2.17. The molecule has 1 atom stereocenters. The van der Waals surface area contributed by atoms with Crippen LogP contribution < -0.4 is 10.6 Å². The summed E-state index contributed by atoms with van der Waals surface area (Å²) in [4.78, 5) is 22.6. The molecule has 1 aromatic carbocycles. The number of benzene rings is 1. The van der Waals surface area contributed by atoms with E-state index in [2.05, 4.69) is 10.6 Å². The molecule has 1 aromatic rings. The lowest BCUT2D eigenvalue weighted by Crippen LogP contribution is -2.41. The van der Waals surface area contributed by atoms with Crippen molar-refractivity contribution in [3.63, 3.8) is 0 Å². The van der Waals surface area contributed by atoms with Gasteiger partial charge in [0.25, 0.3) is 0 Å². The van der Waals surface area contributed by atoms with Gasteiger partial charge in [-0.1, -0.05) is 12.1 Å². The molecular weight excluding hydrogens is 270 g/mol. The Balaban J connectivity index is 2.70. The van der Waals surface area contributed by atoms with Crippen molar-refractivity contribution in [1.82, 2.24) is 10.6 Å². The molecule has 0 fully saturated rings. The molecule has 0 spiro atoms. The fourth-order valence-corrected chi connectivity index (χ4v) is 1.95. The quantitative estimate of drug-likeness (QED) is 0.741. The van der Waals surface area contributed by atoms with Crippen LogP contribution >= 0.6 is 0 Å². The number of carbonyl (C=O) groups excluding carboxylic acids is 1. The van der Waals surface area contributed by atoms with E-state index in [0.29, 0.717) is 12.0 Å². The van der Waals surface area contributed by atoms with Gasteiger partial charge in [0.15, 0.2) is 0 Å². The van der Waals surface area contributed by atoms with Crippen molar-refractivity contribution in [2.24, 2.45) is 0 Å². The number of rotatable bonds is 6. The average molecular weight is 289 g/mol. The summed E-state index contributed by atoms with van der Waals surface area (Å²) in [6.07, 6.45) is -0.695. The van der Waals surface area contributed by atoms with Crippen molar-refractivity contribution in [2.75, 3.05) is 0 Å². The summed E-state index contributed by atoms with van der Waals surface area (Å²) in [5.74, 6) is -0.197. The van der Waals surface area contributed by atoms with Gasteiger partial charge in [0, 0.05) is 18.5 Å². The fraction of sp³-hybridized carbons (Fsp3) is 0.400. The lowest BCUT2D eigenvalue weighted by molar-refractivity contribution is -0.122.